The Morgan fingerprint density at radius 2 is 1.53 bits per heavy atom. The van der Waals surface area contributed by atoms with E-state index < -0.39 is 11.3 Å². The maximum absolute atomic E-state index is 12.9. The second kappa shape index (κ2) is 13.4. The number of carbonyl (C=O) groups excluding carboxylic acids is 1. The average Bonchev–Trinajstić information content (AvgIpc) is 3.00. The Bertz CT molecular complexity index is 1780. The van der Waals surface area contributed by atoms with Gasteiger partial charge in [-0.1, -0.05) is 35.9 Å². The highest BCUT2D eigenvalue weighted by Gasteiger charge is 2.23. The lowest BCUT2D eigenvalue weighted by Gasteiger charge is -2.23. The smallest absolute Gasteiger partial charge is 0.268 e. The van der Waals surface area contributed by atoms with E-state index in [1.54, 1.807) is 84.9 Å². The van der Waals surface area contributed by atoms with Crippen molar-refractivity contribution in [2.45, 2.75) is 0 Å². The van der Waals surface area contributed by atoms with E-state index in [-0.39, 0.29) is 29.8 Å². The number of aromatic nitrogens is 2. The van der Waals surface area contributed by atoms with Crippen LogP contribution in [0.2, 0.25) is 5.02 Å². The zero-order valence-electron chi connectivity index (χ0n) is 23.1. The predicted molar refractivity (Wildman–Crippen MR) is 170 cm³/mol. The van der Waals surface area contributed by atoms with Gasteiger partial charge >= 0.3 is 0 Å². The molecule has 0 bridgehead atoms. The standard InChI is InChI=1S/C30H27ClN6O5S/c1-41-24-15-22(16-25(17-24)42-2)34-29-30(36-27-12-4-3-11-26(27)35-29)37(43(39)40)23-10-6-9-21(14-23)33-28(38)18-32-20-8-5-7-19(31)13-20/h3-17,32H,18H2,1-2H3,(H,33,38)(H,34,35)(H,39,40). The van der Waals surface area contributed by atoms with Gasteiger partial charge in [0.2, 0.25) is 5.91 Å². The van der Waals surface area contributed by atoms with E-state index >= 15 is 0 Å². The molecule has 1 unspecified atom stereocenters. The number of methoxy groups -OCH3 is 2. The third kappa shape index (κ3) is 7.30. The van der Waals surface area contributed by atoms with Crippen molar-refractivity contribution in [2.75, 3.05) is 41.0 Å². The number of para-hydroxylation sites is 2. The molecule has 0 aliphatic carbocycles. The Balaban J connectivity index is 1.47. The third-order valence-electron chi connectivity index (χ3n) is 6.16. The number of nitrogens with zero attached hydrogens (tertiary/aromatic N) is 3. The normalized spacial score (nSPS) is 11.4. The van der Waals surface area contributed by atoms with Gasteiger partial charge in [-0.05, 0) is 48.5 Å². The number of amides is 1. The number of rotatable bonds is 11. The first kappa shape index (κ1) is 29.6. The SMILES string of the molecule is COc1cc(Nc2nc3ccccc3nc2N(c2cccc(NC(=O)CNc3cccc(Cl)c3)c2)S(=O)O)cc(OC)c1. The van der Waals surface area contributed by atoms with Crippen molar-refractivity contribution in [3.8, 4) is 11.5 Å². The van der Waals surface area contributed by atoms with E-state index in [4.69, 9.17) is 31.0 Å². The van der Waals surface area contributed by atoms with Crippen LogP contribution in [0.5, 0.6) is 11.5 Å². The van der Waals surface area contributed by atoms with Gasteiger partial charge in [0.15, 0.2) is 11.6 Å². The van der Waals surface area contributed by atoms with Gasteiger partial charge < -0.3 is 25.4 Å². The monoisotopic (exact) mass is 618 g/mol. The van der Waals surface area contributed by atoms with Gasteiger partial charge in [0.05, 0.1) is 37.5 Å². The number of fused-ring (bicyclic) bond motifs is 1. The van der Waals surface area contributed by atoms with Gasteiger partial charge in [-0.25, -0.2) is 18.5 Å². The van der Waals surface area contributed by atoms with Crippen molar-refractivity contribution in [1.82, 2.24) is 9.97 Å². The lowest BCUT2D eigenvalue weighted by Crippen LogP contribution is -2.23. The minimum absolute atomic E-state index is 0.0194. The summed E-state index contributed by atoms with van der Waals surface area (Å²) in [6.07, 6.45) is 0. The number of nitrogens with one attached hydrogen (secondary N) is 3. The Kier molecular flexibility index (Phi) is 9.20. The van der Waals surface area contributed by atoms with Gasteiger partial charge in [0, 0.05) is 40.3 Å². The summed E-state index contributed by atoms with van der Waals surface area (Å²) in [7, 11) is 3.07. The van der Waals surface area contributed by atoms with Crippen molar-refractivity contribution >= 4 is 74.2 Å². The van der Waals surface area contributed by atoms with Crippen LogP contribution in [-0.4, -0.2) is 45.4 Å². The molecule has 1 atom stereocenters. The molecule has 4 N–H and O–H groups in total. The molecule has 0 aliphatic rings. The maximum Gasteiger partial charge on any atom is 0.268 e. The lowest BCUT2D eigenvalue weighted by atomic mass is 10.2. The van der Waals surface area contributed by atoms with Gasteiger partial charge in [-0.3, -0.25) is 9.35 Å². The van der Waals surface area contributed by atoms with E-state index in [1.807, 2.05) is 6.07 Å². The fraction of sp³-hybridized carbons (Fsp3) is 0.100. The molecule has 220 valence electrons. The topological polar surface area (TPSA) is 138 Å². The third-order valence-corrected chi connectivity index (χ3v) is 7.09. The summed E-state index contributed by atoms with van der Waals surface area (Å²) in [5, 5.41) is 9.55. The minimum atomic E-state index is -2.58. The number of hydrogen-bond acceptors (Lipinski definition) is 8. The van der Waals surface area contributed by atoms with Crippen molar-refractivity contribution in [3.05, 3.63) is 96.0 Å². The molecule has 43 heavy (non-hydrogen) atoms. The van der Waals surface area contributed by atoms with Crippen LogP contribution in [0.1, 0.15) is 0 Å². The molecule has 13 heteroatoms. The fourth-order valence-corrected chi connectivity index (χ4v) is 4.97. The summed E-state index contributed by atoms with van der Waals surface area (Å²) in [4.78, 5) is 22.1. The van der Waals surface area contributed by atoms with Crippen LogP contribution in [-0.2, 0) is 16.1 Å². The molecule has 1 amide bonds. The Morgan fingerprint density at radius 1 is 0.860 bits per heavy atom. The number of ether oxygens (including phenoxy) is 2. The number of hydrogen-bond donors (Lipinski definition) is 4. The van der Waals surface area contributed by atoms with Crippen LogP contribution in [0.4, 0.5) is 34.4 Å². The summed E-state index contributed by atoms with van der Waals surface area (Å²) < 4.78 is 35.2. The molecular weight excluding hydrogens is 592 g/mol. The largest absolute Gasteiger partial charge is 0.497 e. The number of carbonyl (C=O) groups is 1. The number of halogens is 1. The first-order valence-corrected chi connectivity index (χ1v) is 14.3. The van der Waals surface area contributed by atoms with Gasteiger partial charge in [-0.2, -0.15) is 0 Å². The van der Waals surface area contributed by atoms with E-state index in [0.29, 0.717) is 44.6 Å². The molecule has 0 saturated heterocycles. The quantitative estimate of drug-likeness (QED) is 0.124. The summed E-state index contributed by atoms with van der Waals surface area (Å²) >= 11 is 3.44. The zero-order chi connectivity index (χ0) is 30.3. The summed E-state index contributed by atoms with van der Waals surface area (Å²) in [6, 6.07) is 25.9. The first-order valence-electron chi connectivity index (χ1n) is 12.9. The minimum Gasteiger partial charge on any atom is -0.497 e. The van der Waals surface area contributed by atoms with E-state index in [1.165, 1.54) is 14.2 Å². The molecular formula is C30H27ClN6O5S. The van der Waals surface area contributed by atoms with Crippen LogP contribution in [0.25, 0.3) is 11.0 Å². The Hall–Kier alpha value is -4.91. The molecule has 0 spiro atoms. The molecule has 0 radical (unpaired) electrons. The van der Waals surface area contributed by atoms with E-state index in [2.05, 4.69) is 16.0 Å². The molecule has 5 aromatic rings. The Morgan fingerprint density at radius 3 is 2.21 bits per heavy atom. The fourth-order valence-electron chi connectivity index (χ4n) is 4.21. The van der Waals surface area contributed by atoms with Crippen molar-refractivity contribution < 1.29 is 23.0 Å². The molecule has 1 heterocycles. The highest BCUT2D eigenvalue weighted by molar-refractivity contribution is 7.81. The maximum atomic E-state index is 12.9. The van der Waals surface area contributed by atoms with Crippen LogP contribution >= 0.6 is 11.6 Å². The van der Waals surface area contributed by atoms with Crippen LogP contribution < -0.4 is 29.7 Å². The van der Waals surface area contributed by atoms with Crippen molar-refractivity contribution in [3.63, 3.8) is 0 Å². The molecule has 0 saturated carbocycles. The summed E-state index contributed by atoms with van der Waals surface area (Å²) in [5.41, 5.74) is 3.03. The molecule has 5 rings (SSSR count). The van der Waals surface area contributed by atoms with Crippen molar-refractivity contribution in [2.24, 2.45) is 0 Å². The molecule has 1 aromatic heterocycles. The van der Waals surface area contributed by atoms with Crippen molar-refractivity contribution in [1.29, 1.82) is 0 Å². The van der Waals surface area contributed by atoms with Crippen LogP contribution in [0.15, 0.2) is 91.0 Å². The zero-order valence-corrected chi connectivity index (χ0v) is 24.6. The van der Waals surface area contributed by atoms with Gasteiger partial charge in [0.25, 0.3) is 11.3 Å². The summed E-state index contributed by atoms with van der Waals surface area (Å²) in [5.74, 6) is 1.03. The predicted octanol–water partition coefficient (Wildman–Crippen LogP) is 6.37. The second-order valence-corrected chi connectivity index (χ2v) is 10.4. The molecule has 11 nitrogen and oxygen atoms in total. The summed E-state index contributed by atoms with van der Waals surface area (Å²) in [6.45, 7) is -0.0194. The molecule has 4 aromatic carbocycles. The van der Waals surface area contributed by atoms with Gasteiger partial charge in [0.1, 0.15) is 11.5 Å². The van der Waals surface area contributed by atoms with Gasteiger partial charge in [-0.15, -0.1) is 0 Å². The second-order valence-electron chi connectivity index (χ2n) is 9.10. The van der Waals surface area contributed by atoms with E-state index in [0.717, 1.165) is 4.31 Å². The average molecular weight is 619 g/mol. The highest BCUT2D eigenvalue weighted by atomic mass is 35.5. The highest BCUT2D eigenvalue weighted by Crippen LogP contribution is 2.36. The van der Waals surface area contributed by atoms with E-state index in [9.17, 15) is 13.6 Å². The Labute approximate surface area is 255 Å². The van der Waals surface area contributed by atoms with Crippen LogP contribution in [0, 0.1) is 0 Å². The number of anilines is 6. The first-order chi connectivity index (χ1) is 20.8. The van der Waals surface area contributed by atoms with Crippen LogP contribution in [0.3, 0.4) is 0 Å². The molecule has 0 fully saturated rings. The number of benzene rings is 4. The molecule has 0 aliphatic heterocycles. The lowest BCUT2D eigenvalue weighted by molar-refractivity contribution is -0.114.